The minimum atomic E-state index is 0.648. The van der Waals surface area contributed by atoms with Crippen LogP contribution < -0.4 is 0 Å². The zero-order valence-electron chi connectivity index (χ0n) is 10.2. The Labute approximate surface area is 121 Å². The molecule has 0 radical (unpaired) electrons. The summed E-state index contributed by atoms with van der Waals surface area (Å²) in [5.74, 6) is 0.872. The lowest BCUT2D eigenvalue weighted by atomic mass is 9.93. The summed E-state index contributed by atoms with van der Waals surface area (Å²) in [4.78, 5) is 0.648. The molecule has 0 amide bonds. The second-order valence-corrected chi connectivity index (χ2v) is 7.19. The molecule has 1 unspecified atom stereocenters. The van der Waals surface area contributed by atoms with Gasteiger partial charge in [0.25, 0.3) is 0 Å². The molecule has 0 spiro atoms. The van der Waals surface area contributed by atoms with Crippen molar-refractivity contribution >= 4 is 31.9 Å². The van der Waals surface area contributed by atoms with Gasteiger partial charge in [0.05, 0.1) is 0 Å². The lowest BCUT2D eigenvalue weighted by Crippen LogP contribution is -2.16. The first kappa shape index (κ1) is 13.6. The topological polar surface area (TPSA) is 0 Å². The van der Waals surface area contributed by atoms with E-state index in [4.69, 9.17) is 0 Å². The van der Waals surface area contributed by atoms with Crippen LogP contribution in [0.4, 0.5) is 0 Å². The molecule has 0 aromatic heterocycles. The number of hydrogen-bond donors (Lipinski definition) is 0. The van der Waals surface area contributed by atoms with E-state index in [1.165, 1.54) is 48.6 Å². The van der Waals surface area contributed by atoms with Gasteiger partial charge >= 0.3 is 0 Å². The van der Waals surface area contributed by atoms with Crippen molar-refractivity contribution in [1.82, 2.24) is 0 Å². The lowest BCUT2D eigenvalue weighted by molar-refractivity contribution is 0.445. The van der Waals surface area contributed by atoms with Crippen molar-refractivity contribution < 1.29 is 0 Å². The zero-order chi connectivity index (χ0) is 12.1. The van der Waals surface area contributed by atoms with Crippen LogP contribution in [-0.4, -0.2) is 4.83 Å². The highest BCUT2D eigenvalue weighted by Gasteiger charge is 2.20. The first-order valence-corrected chi connectivity index (χ1v) is 8.35. The maximum absolute atomic E-state index is 3.92. The molecule has 1 aliphatic carbocycles. The molecule has 0 heterocycles. The van der Waals surface area contributed by atoms with Crippen LogP contribution in [0.25, 0.3) is 0 Å². The van der Waals surface area contributed by atoms with Crippen LogP contribution in [0.5, 0.6) is 0 Å². The Bertz CT molecular complexity index is 341. The van der Waals surface area contributed by atoms with Crippen molar-refractivity contribution in [2.75, 3.05) is 0 Å². The fourth-order valence-electron chi connectivity index (χ4n) is 2.73. The Morgan fingerprint density at radius 1 is 1.12 bits per heavy atom. The third-order valence-electron chi connectivity index (χ3n) is 3.73. The van der Waals surface area contributed by atoms with Gasteiger partial charge in [-0.3, -0.25) is 0 Å². The third-order valence-corrected chi connectivity index (χ3v) is 5.30. The molecule has 1 atom stereocenters. The van der Waals surface area contributed by atoms with Crippen molar-refractivity contribution in [2.45, 2.75) is 49.8 Å². The van der Waals surface area contributed by atoms with Crippen LogP contribution in [0, 0.1) is 5.92 Å². The standard InChI is InChI=1S/C15H20Br2/c16-14-9-5-6-12(10-14)11-15(17)13-7-3-1-2-4-8-13/h5-6,9-10,13,15H,1-4,7-8,11H2. The summed E-state index contributed by atoms with van der Waals surface area (Å²) in [6, 6.07) is 8.70. The summed E-state index contributed by atoms with van der Waals surface area (Å²) in [5, 5.41) is 0. The molecule has 1 aliphatic rings. The predicted octanol–water partition coefficient (Wildman–Crippen LogP) is 5.73. The van der Waals surface area contributed by atoms with E-state index in [0.29, 0.717) is 4.83 Å². The van der Waals surface area contributed by atoms with Gasteiger partial charge in [0.15, 0.2) is 0 Å². The van der Waals surface area contributed by atoms with Gasteiger partial charge in [-0.15, -0.1) is 0 Å². The van der Waals surface area contributed by atoms with E-state index in [1.807, 2.05) is 0 Å². The zero-order valence-corrected chi connectivity index (χ0v) is 13.3. The fraction of sp³-hybridized carbons (Fsp3) is 0.600. The molecule has 1 aromatic rings. The average molecular weight is 360 g/mol. The predicted molar refractivity (Wildman–Crippen MR) is 81.8 cm³/mol. The monoisotopic (exact) mass is 358 g/mol. The molecule has 0 saturated heterocycles. The molecule has 2 heteroatoms. The van der Waals surface area contributed by atoms with Crippen molar-refractivity contribution in [1.29, 1.82) is 0 Å². The van der Waals surface area contributed by atoms with Gasteiger partial charge in [0, 0.05) is 9.30 Å². The van der Waals surface area contributed by atoms with Crippen LogP contribution >= 0.6 is 31.9 Å². The van der Waals surface area contributed by atoms with E-state index >= 15 is 0 Å². The minimum Gasteiger partial charge on any atom is -0.0884 e. The second kappa shape index (κ2) is 6.94. The van der Waals surface area contributed by atoms with Gasteiger partial charge in [-0.25, -0.2) is 0 Å². The normalized spacial score (nSPS) is 19.9. The van der Waals surface area contributed by atoms with Crippen LogP contribution in [0.3, 0.4) is 0 Å². The molecule has 1 aromatic carbocycles. The summed E-state index contributed by atoms with van der Waals surface area (Å²) < 4.78 is 1.19. The van der Waals surface area contributed by atoms with E-state index in [2.05, 4.69) is 56.1 Å². The number of alkyl halides is 1. The molecule has 0 N–H and O–H groups in total. The Morgan fingerprint density at radius 3 is 2.47 bits per heavy atom. The first-order chi connectivity index (χ1) is 8.25. The summed E-state index contributed by atoms with van der Waals surface area (Å²) >= 11 is 7.47. The lowest BCUT2D eigenvalue weighted by Gasteiger charge is -2.21. The van der Waals surface area contributed by atoms with Gasteiger partial charge in [0.1, 0.15) is 0 Å². The van der Waals surface area contributed by atoms with E-state index < -0.39 is 0 Å². The quantitative estimate of drug-likeness (QED) is 0.477. The SMILES string of the molecule is Brc1cccc(CC(Br)C2CCCCCC2)c1. The van der Waals surface area contributed by atoms with E-state index in [9.17, 15) is 0 Å². The van der Waals surface area contributed by atoms with Gasteiger partial charge in [0.2, 0.25) is 0 Å². The summed E-state index contributed by atoms with van der Waals surface area (Å²) in [6.45, 7) is 0. The smallest absolute Gasteiger partial charge is 0.0214 e. The first-order valence-electron chi connectivity index (χ1n) is 6.64. The van der Waals surface area contributed by atoms with Gasteiger partial charge in [-0.1, -0.05) is 69.7 Å². The van der Waals surface area contributed by atoms with Gasteiger partial charge in [-0.2, -0.15) is 0 Å². The Morgan fingerprint density at radius 2 is 1.82 bits per heavy atom. The molecular formula is C15H20Br2. The molecule has 1 saturated carbocycles. The molecule has 2 rings (SSSR count). The van der Waals surface area contributed by atoms with Crippen molar-refractivity contribution in [3.8, 4) is 0 Å². The molecule has 17 heavy (non-hydrogen) atoms. The van der Waals surface area contributed by atoms with Crippen molar-refractivity contribution in [3.05, 3.63) is 34.3 Å². The number of hydrogen-bond acceptors (Lipinski definition) is 0. The van der Waals surface area contributed by atoms with Gasteiger partial charge < -0.3 is 0 Å². The summed E-state index contributed by atoms with van der Waals surface area (Å²) in [7, 11) is 0. The second-order valence-electron chi connectivity index (χ2n) is 5.10. The van der Waals surface area contributed by atoms with E-state index in [1.54, 1.807) is 0 Å². The number of rotatable bonds is 3. The van der Waals surface area contributed by atoms with Crippen molar-refractivity contribution in [3.63, 3.8) is 0 Å². The maximum atomic E-state index is 3.92. The number of halogens is 2. The Hall–Kier alpha value is 0.180. The average Bonchev–Trinajstić information content (AvgIpc) is 2.57. The maximum Gasteiger partial charge on any atom is 0.0214 e. The molecular weight excluding hydrogens is 340 g/mol. The number of benzene rings is 1. The summed E-state index contributed by atoms with van der Waals surface area (Å²) in [5.41, 5.74) is 1.44. The van der Waals surface area contributed by atoms with Crippen LogP contribution in [0.2, 0.25) is 0 Å². The van der Waals surface area contributed by atoms with E-state index in [0.717, 1.165) is 12.3 Å². The third kappa shape index (κ3) is 4.40. The molecule has 0 nitrogen and oxygen atoms in total. The highest BCUT2D eigenvalue weighted by molar-refractivity contribution is 9.10. The largest absolute Gasteiger partial charge is 0.0884 e. The highest BCUT2D eigenvalue weighted by atomic mass is 79.9. The van der Waals surface area contributed by atoms with Crippen LogP contribution in [-0.2, 0) is 6.42 Å². The Kier molecular flexibility index (Phi) is 5.55. The van der Waals surface area contributed by atoms with Gasteiger partial charge in [-0.05, 0) is 42.9 Å². The van der Waals surface area contributed by atoms with Crippen LogP contribution in [0.15, 0.2) is 28.7 Å². The molecule has 0 bridgehead atoms. The molecule has 94 valence electrons. The van der Waals surface area contributed by atoms with Crippen LogP contribution in [0.1, 0.15) is 44.1 Å². The highest BCUT2D eigenvalue weighted by Crippen LogP contribution is 2.31. The van der Waals surface area contributed by atoms with E-state index in [-0.39, 0.29) is 0 Å². The molecule has 0 aliphatic heterocycles. The Balaban J connectivity index is 1.93. The minimum absolute atomic E-state index is 0.648. The molecule has 1 fully saturated rings. The fourth-order valence-corrected chi connectivity index (χ4v) is 4.08. The summed E-state index contributed by atoms with van der Waals surface area (Å²) in [6.07, 6.45) is 9.69. The van der Waals surface area contributed by atoms with Crippen molar-refractivity contribution in [2.24, 2.45) is 5.92 Å².